The van der Waals surface area contributed by atoms with E-state index in [1.54, 1.807) is 6.21 Å². The Labute approximate surface area is 123 Å². The molecule has 0 fully saturated rings. The van der Waals surface area contributed by atoms with Crippen molar-refractivity contribution >= 4 is 35.1 Å². The van der Waals surface area contributed by atoms with Crippen molar-refractivity contribution in [2.75, 3.05) is 12.1 Å². The molecule has 2 rings (SSSR count). The van der Waals surface area contributed by atoms with Gasteiger partial charge in [0.25, 0.3) is 0 Å². The molecular formula is C15H14Cl2N2. The summed E-state index contributed by atoms with van der Waals surface area (Å²) in [7, 11) is 1.90. The van der Waals surface area contributed by atoms with E-state index in [4.69, 9.17) is 23.2 Å². The molecule has 0 aliphatic rings. The molecule has 0 N–H and O–H groups in total. The van der Waals surface area contributed by atoms with E-state index in [1.807, 2.05) is 60.6 Å². The zero-order valence-electron chi connectivity index (χ0n) is 10.6. The van der Waals surface area contributed by atoms with Crippen molar-refractivity contribution in [1.82, 2.24) is 0 Å². The maximum Gasteiger partial charge on any atom is 0.0590 e. The molecule has 0 aliphatic heterocycles. The van der Waals surface area contributed by atoms with Crippen LogP contribution in [0.4, 0.5) is 5.69 Å². The monoisotopic (exact) mass is 292 g/mol. The van der Waals surface area contributed by atoms with Crippen LogP contribution in [0, 0.1) is 0 Å². The van der Waals surface area contributed by atoms with Crippen LogP contribution < -0.4 is 5.01 Å². The molecule has 2 aromatic rings. The molecule has 0 unspecified atom stereocenters. The first-order valence-electron chi connectivity index (χ1n) is 5.92. The first-order valence-corrected chi connectivity index (χ1v) is 6.68. The predicted molar refractivity (Wildman–Crippen MR) is 83.5 cm³/mol. The molecule has 0 saturated heterocycles. The molecule has 2 nitrogen and oxygen atoms in total. The third kappa shape index (κ3) is 3.72. The van der Waals surface area contributed by atoms with E-state index < -0.39 is 0 Å². The van der Waals surface area contributed by atoms with Crippen molar-refractivity contribution in [2.24, 2.45) is 5.10 Å². The van der Waals surface area contributed by atoms with Crippen LogP contribution in [0.5, 0.6) is 0 Å². The molecule has 4 heteroatoms. The quantitative estimate of drug-likeness (QED) is 0.591. The smallest absolute Gasteiger partial charge is 0.0590 e. The van der Waals surface area contributed by atoms with Gasteiger partial charge in [-0.15, -0.1) is 0 Å². The van der Waals surface area contributed by atoms with Crippen molar-refractivity contribution in [3.8, 4) is 0 Å². The predicted octanol–water partition coefficient (Wildman–Crippen LogP) is 4.66. The molecule has 0 amide bonds. The summed E-state index contributed by atoms with van der Waals surface area (Å²) < 4.78 is 0. The van der Waals surface area contributed by atoms with Gasteiger partial charge in [0.1, 0.15) is 0 Å². The van der Waals surface area contributed by atoms with Gasteiger partial charge in [0.2, 0.25) is 0 Å². The van der Waals surface area contributed by atoms with Crippen molar-refractivity contribution in [1.29, 1.82) is 0 Å². The van der Waals surface area contributed by atoms with Gasteiger partial charge in [0.05, 0.1) is 5.69 Å². The minimum Gasteiger partial charge on any atom is -0.269 e. The van der Waals surface area contributed by atoms with Crippen LogP contribution in [0.15, 0.2) is 53.6 Å². The normalized spacial score (nSPS) is 10.9. The second-order valence-electron chi connectivity index (χ2n) is 4.06. The first-order chi connectivity index (χ1) is 9.18. The number of hydrogen-bond donors (Lipinski definition) is 0. The Morgan fingerprint density at radius 1 is 1.00 bits per heavy atom. The molecule has 98 valence electrons. The maximum absolute atomic E-state index is 6.10. The number of anilines is 1. The van der Waals surface area contributed by atoms with Crippen molar-refractivity contribution in [2.45, 2.75) is 6.42 Å². The van der Waals surface area contributed by atoms with Gasteiger partial charge in [-0.2, -0.15) is 5.10 Å². The van der Waals surface area contributed by atoms with Gasteiger partial charge < -0.3 is 0 Å². The summed E-state index contributed by atoms with van der Waals surface area (Å²) in [6.07, 6.45) is 2.41. The highest BCUT2D eigenvalue weighted by Crippen LogP contribution is 2.24. The lowest BCUT2D eigenvalue weighted by atomic mass is 10.2. The lowest BCUT2D eigenvalue weighted by Gasteiger charge is -2.12. The average molecular weight is 293 g/mol. The third-order valence-corrected chi connectivity index (χ3v) is 3.45. The van der Waals surface area contributed by atoms with Crippen LogP contribution in [-0.2, 0) is 6.42 Å². The minimum atomic E-state index is 0.607. The van der Waals surface area contributed by atoms with E-state index in [2.05, 4.69) is 5.10 Å². The second-order valence-corrected chi connectivity index (χ2v) is 4.88. The van der Waals surface area contributed by atoms with Crippen LogP contribution in [0.2, 0.25) is 10.0 Å². The largest absolute Gasteiger partial charge is 0.269 e. The topological polar surface area (TPSA) is 15.6 Å². The molecule has 0 spiro atoms. The number of nitrogens with zero attached hydrogens (tertiary/aromatic N) is 2. The first kappa shape index (κ1) is 13.9. The summed E-state index contributed by atoms with van der Waals surface area (Å²) in [4.78, 5) is 0. The zero-order valence-corrected chi connectivity index (χ0v) is 12.1. The highest BCUT2D eigenvalue weighted by Gasteiger charge is 2.03. The highest BCUT2D eigenvalue weighted by atomic mass is 35.5. The molecule has 0 bridgehead atoms. The lowest BCUT2D eigenvalue weighted by Crippen LogP contribution is -2.08. The molecular weight excluding hydrogens is 279 g/mol. The number of rotatable bonds is 4. The number of halogens is 2. The fraction of sp³-hybridized carbons (Fsp3) is 0.133. The van der Waals surface area contributed by atoms with Gasteiger partial charge in [-0.25, -0.2) is 0 Å². The maximum atomic E-state index is 6.10. The second kappa shape index (κ2) is 6.60. The highest BCUT2D eigenvalue weighted by molar-refractivity contribution is 6.36. The minimum absolute atomic E-state index is 0.607. The molecule has 19 heavy (non-hydrogen) atoms. The van der Waals surface area contributed by atoms with Gasteiger partial charge in [0.15, 0.2) is 0 Å². The summed E-state index contributed by atoms with van der Waals surface area (Å²) in [6, 6.07) is 15.4. The van der Waals surface area contributed by atoms with Gasteiger partial charge in [0, 0.05) is 29.7 Å². The van der Waals surface area contributed by atoms with Crippen molar-refractivity contribution < 1.29 is 0 Å². The van der Waals surface area contributed by atoms with Gasteiger partial charge in [-0.1, -0.05) is 47.5 Å². The number of hydrazone groups is 1. The molecule has 0 atom stereocenters. The Hall–Kier alpha value is -1.51. The van der Waals surface area contributed by atoms with E-state index in [1.165, 1.54) is 0 Å². The lowest BCUT2D eigenvalue weighted by molar-refractivity contribution is 1.02. The van der Waals surface area contributed by atoms with Crippen LogP contribution >= 0.6 is 23.2 Å². The Kier molecular flexibility index (Phi) is 4.83. The van der Waals surface area contributed by atoms with Crippen LogP contribution in [0.1, 0.15) is 5.56 Å². The van der Waals surface area contributed by atoms with E-state index in [9.17, 15) is 0 Å². The van der Waals surface area contributed by atoms with Crippen molar-refractivity contribution in [3.63, 3.8) is 0 Å². The van der Waals surface area contributed by atoms with E-state index in [-0.39, 0.29) is 0 Å². The van der Waals surface area contributed by atoms with Gasteiger partial charge >= 0.3 is 0 Å². The molecule has 0 saturated carbocycles. The molecule has 0 radical (unpaired) electrons. The Morgan fingerprint density at radius 3 is 2.26 bits per heavy atom. The Morgan fingerprint density at radius 2 is 1.63 bits per heavy atom. The van der Waals surface area contributed by atoms with Gasteiger partial charge in [-0.05, 0) is 29.8 Å². The number of benzene rings is 2. The van der Waals surface area contributed by atoms with Crippen LogP contribution in [0.3, 0.4) is 0 Å². The molecule has 2 aromatic carbocycles. The van der Waals surface area contributed by atoms with Crippen molar-refractivity contribution in [3.05, 3.63) is 64.1 Å². The SMILES string of the molecule is CN(/N=C/Cc1c(Cl)cccc1Cl)c1ccccc1. The Balaban J connectivity index is 2.04. The summed E-state index contributed by atoms with van der Waals surface area (Å²) in [5, 5.41) is 7.51. The molecule has 0 aromatic heterocycles. The summed E-state index contributed by atoms with van der Waals surface area (Å²) in [5.41, 5.74) is 1.93. The summed E-state index contributed by atoms with van der Waals surface area (Å²) in [6.45, 7) is 0. The fourth-order valence-corrected chi connectivity index (χ4v) is 2.24. The summed E-state index contributed by atoms with van der Waals surface area (Å²) in [5.74, 6) is 0. The molecule has 0 heterocycles. The van der Waals surface area contributed by atoms with Crippen LogP contribution in [-0.4, -0.2) is 13.3 Å². The van der Waals surface area contributed by atoms with Crippen LogP contribution in [0.25, 0.3) is 0 Å². The van der Waals surface area contributed by atoms with E-state index in [0.29, 0.717) is 16.5 Å². The molecule has 0 aliphatic carbocycles. The van der Waals surface area contributed by atoms with E-state index in [0.717, 1.165) is 11.3 Å². The third-order valence-electron chi connectivity index (χ3n) is 2.74. The van der Waals surface area contributed by atoms with Gasteiger partial charge in [-0.3, -0.25) is 5.01 Å². The standard InChI is InChI=1S/C15H14Cl2N2/c1-19(12-6-3-2-4-7-12)18-11-10-13-14(16)8-5-9-15(13)17/h2-9,11H,10H2,1H3/b18-11+. The number of hydrogen-bond acceptors (Lipinski definition) is 2. The summed E-state index contributed by atoms with van der Waals surface area (Å²) >= 11 is 12.2. The van der Waals surface area contributed by atoms with E-state index >= 15 is 0 Å². The fourth-order valence-electron chi connectivity index (χ4n) is 1.69. The Bertz CT molecular complexity index is 547. The average Bonchev–Trinajstić information content (AvgIpc) is 2.43. The number of para-hydroxylation sites is 1. The zero-order chi connectivity index (χ0) is 13.7.